The summed E-state index contributed by atoms with van der Waals surface area (Å²) >= 11 is 7.43. The predicted octanol–water partition coefficient (Wildman–Crippen LogP) is 0.540. The van der Waals surface area contributed by atoms with Crippen LogP contribution in [0.4, 0.5) is 0 Å². The normalized spacial score (nSPS) is 31.3. The van der Waals surface area contributed by atoms with E-state index < -0.39 is 47.2 Å². The number of alkyl halides is 1. The Morgan fingerprint density at radius 2 is 2.08 bits per heavy atom. The van der Waals surface area contributed by atoms with Crippen LogP contribution in [0.5, 0.6) is 0 Å². The number of nitrogens with zero attached hydrogens (tertiary/aromatic N) is 1. The van der Waals surface area contributed by atoms with Crippen molar-refractivity contribution in [3.05, 3.63) is 29.6 Å². The first-order chi connectivity index (χ1) is 12.3. The molecule has 26 heavy (non-hydrogen) atoms. The third kappa shape index (κ3) is 4.68. The first-order valence-electron chi connectivity index (χ1n) is 8.42. The van der Waals surface area contributed by atoms with Gasteiger partial charge >= 0.3 is 0 Å². The monoisotopic (exact) mass is 404 g/mol. The van der Waals surface area contributed by atoms with Crippen molar-refractivity contribution in [2.75, 3.05) is 6.26 Å². The van der Waals surface area contributed by atoms with E-state index in [2.05, 4.69) is 10.3 Å². The van der Waals surface area contributed by atoms with Crippen molar-refractivity contribution in [1.82, 2.24) is 10.3 Å². The molecule has 1 aromatic heterocycles. The Hall–Kier alpha value is -0.900. The number of aryl methyl sites for hydroxylation is 1. The summed E-state index contributed by atoms with van der Waals surface area (Å²) in [7, 11) is 0. The van der Waals surface area contributed by atoms with Gasteiger partial charge in [0.15, 0.2) is 0 Å². The molecule has 0 spiro atoms. The molecule has 7 nitrogen and oxygen atoms in total. The number of hydrogen-bond donors (Lipinski definition) is 4. The summed E-state index contributed by atoms with van der Waals surface area (Å²) in [5.41, 5.74) is 0.462. The van der Waals surface area contributed by atoms with E-state index in [1.54, 1.807) is 25.4 Å². The SMILES string of the molecule is CCc1ccnc(C(=O)N[C@@H](C2OC(SC)C(O)C(O)C2O)[C@@H](C)Cl)c1. The highest BCUT2D eigenvalue weighted by molar-refractivity contribution is 7.99. The van der Waals surface area contributed by atoms with Gasteiger partial charge in [0.2, 0.25) is 0 Å². The highest BCUT2D eigenvalue weighted by Crippen LogP contribution is 2.30. The fraction of sp³-hybridized carbons (Fsp3) is 0.647. The number of ether oxygens (including phenoxy) is 1. The van der Waals surface area contributed by atoms with Crippen LogP contribution in [-0.2, 0) is 11.2 Å². The number of hydrogen-bond acceptors (Lipinski definition) is 7. The molecule has 1 aliphatic heterocycles. The predicted molar refractivity (Wildman–Crippen MR) is 100 cm³/mol. The number of nitrogens with one attached hydrogen (secondary N) is 1. The van der Waals surface area contributed by atoms with Crippen molar-refractivity contribution >= 4 is 29.3 Å². The van der Waals surface area contributed by atoms with Gasteiger partial charge in [-0.15, -0.1) is 23.4 Å². The van der Waals surface area contributed by atoms with Crippen LogP contribution >= 0.6 is 23.4 Å². The van der Waals surface area contributed by atoms with Gasteiger partial charge in [-0.05, 0) is 37.3 Å². The van der Waals surface area contributed by atoms with Crippen LogP contribution in [0.15, 0.2) is 18.3 Å². The van der Waals surface area contributed by atoms with Crippen molar-refractivity contribution in [1.29, 1.82) is 0 Å². The molecule has 2 rings (SSSR count). The van der Waals surface area contributed by atoms with Gasteiger partial charge in [-0.3, -0.25) is 9.78 Å². The van der Waals surface area contributed by atoms with Crippen molar-refractivity contribution < 1.29 is 24.9 Å². The van der Waals surface area contributed by atoms with E-state index in [9.17, 15) is 20.1 Å². The number of aromatic nitrogens is 1. The van der Waals surface area contributed by atoms with Crippen LogP contribution in [0.25, 0.3) is 0 Å². The highest BCUT2D eigenvalue weighted by Gasteiger charge is 2.47. The zero-order valence-corrected chi connectivity index (χ0v) is 16.4. The molecule has 0 aromatic carbocycles. The van der Waals surface area contributed by atoms with Gasteiger partial charge in [-0.25, -0.2) is 0 Å². The van der Waals surface area contributed by atoms with Crippen LogP contribution in [0.2, 0.25) is 0 Å². The summed E-state index contributed by atoms with van der Waals surface area (Å²) in [6.07, 6.45) is -0.965. The van der Waals surface area contributed by atoms with Crippen molar-refractivity contribution in [3.63, 3.8) is 0 Å². The van der Waals surface area contributed by atoms with E-state index in [1.165, 1.54) is 11.8 Å². The average molecular weight is 405 g/mol. The first-order valence-corrected chi connectivity index (χ1v) is 10.1. The number of aliphatic hydroxyl groups is 3. The van der Waals surface area contributed by atoms with E-state index in [0.29, 0.717) is 0 Å². The second kappa shape index (κ2) is 9.34. The molecule has 1 aromatic rings. The molecule has 1 saturated heterocycles. The molecule has 0 radical (unpaired) electrons. The number of pyridine rings is 1. The number of carbonyl (C=O) groups excluding carboxylic acids is 1. The Labute approximate surface area is 162 Å². The second-order valence-electron chi connectivity index (χ2n) is 6.26. The first kappa shape index (κ1) is 21.4. The molecule has 7 atom stereocenters. The third-order valence-corrected chi connectivity index (χ3v) is 5.58. The lowest BCUT2D eigenvalue weighted by molar-refractivity contribution is -0.204. The summed E-state index contributed by atoms with van der Waals surface area (Å²) in [4.78, 5) is 16.7. The summed E-state index contributed by atoms with van der Waals surface area (Å²) in [5, 5.41) is 32.6. The molecule has 1 aliphatic rings. The molecule has 0 bridgehead atoms. The smallest absolute Gasteiger partial charge is 0.270 e. The zero-order chi connectivity index (χ0) is 19.4. The van der Waals surface area contributed by atoms with Crippen LogP contribution in [0.3, 0.4) is 0 Å². The number of thioether (sulfide) groups is 1. The quantitative estimate of drug-likeness (QED) is 0.512. The topological polar surface area (TPSA) is 112 Å². The standard InChI is InChI=1S/C17H25ClN2O5S/c1-4-9-5-6-19-10(7-9)16(24)20-11(8(2)18)15-13(22)12(21)14(23)17(25-15)26-3/h5-8,11-15,17,21-23H,4H2,1-3H3,(H,20,24)/t8-,11-,12?,13?,14?,15?,17?/m1/s1. The van der Waals surface area contributed by atoms with Crippen molar-refractivity contribution in [2.45, 2.75) is 61.5 Å². The van der Waals surface area contributed by atoms with Crippen LogP contribution in [0, 0.1) is 0 Å². The molecule has 0 saturated carbocycles. The minimum Gasteiger partial charge on any atom is -0.388 e. The molecule has 0 aliphatic carbocycles. The van der Waals surface area contributed by atoms with E-state index in [1.807, 2.05) is 13.0 Å². The molecule has 1 fully saturated rings. The maximum absolute atomic E-state index is 12.6. The molecular weight excluding hydrogens is 380 g/mol. The van der Waals surface area contributed by atoms with Gasteiger partial charge in [0, 0.05) is 6.20 Å². The van der Waals surface area contributed by atoms with Gasteiger partial charge in [-0.2, -0.15) is 0 Å². The molecule has 2 heterocycles. The Kier molecular flexibility index (Phi) is 7.69. The van der Waals surface area contributed by atoms with Gasteiger partial charge in [0.1, 0.15) is 35.5 Å². The van der Waals surface area contributed by atoms with E-state index in [4.69, 9.17) is 16.3 Å². The van der Waals surface area contributed by atoms with Crippen molar-refractivity contribution in [3.8, 4) is 0 Å². The van der Waals surface area contributed by atoms with E-state index >= 15 is 0 Å². The fourth-order valence-corrected chi connectivity index (χ4v) is 3.75. The number of rotatable bonds is 6. The number of halogens is 1. The van der Waals surface area contributed by atoms with E-state index in [0.717, 1.165) is 12.0 Å². The molecule has 4 N–H and O–H groups in total. The zero-order valence-electron chi connectivity index (χ0n) is 14.9. The van der Waals surface area contributed by atoms with Crippen LogP contribution < -0.4 is 5.32 Å². The molecule has 5 unspecified atom stereocenters. The molecule has 146 valence electrons. The van der Waals surface area contributed by atoms with Gasteiger partial charge in [0.25, 0.3) is 5.91 Å². The second-order valence-corrected chi connectivity index (χ2v) is 7.88. The maximum atomic E-state index is 12.6. The Morgan fingerprint density at radius 3 is 2.65 bits per heavy atom. The van der Waals surface area contributed by atoms with Crippen molar-refractivity contribution in [2.24, 2.45) is 0 Å². The van der Waals surface area contributed by atoms with Gasteiger partial charge < -0.3 is 25.4 Å². The summed E-state index contributed by atoms with van der Waals surface area (Å²) in [6.45, 7) is 3.63. The lowest BCUT2D eigenvalue weighted by Gasteiger charge is -2.43. The summed E-state index contributed by atoms with van der Waals surface area (Å²) in [5.74, 6) is -0.449. The molecular formula is C17H25ClN2O5S. The average Bonchev–Trinajstić information content (AvgIpc) is 2.64. The largest absolute Gasteiger partial charge is 0.388 e. The van der Waals surface area contributed by atoms with E-state index in [-0.39, 0.29) is 5.69 Å². The molecule has 1 amide bonds. The maximum Gasteiger partial charge on any atom is 0.270 e. The lowest BCUT2D eigenvalue weighted by atomic mass is 9.93. The lowest BCUT2D eigenvalue weighted by Crippen LogP contribution is -2.64. The van der Waals surface area contributed by atoms with Crippen LogP contribution in [0.1, 0.15) is 29.9 Å². The summed E-state index contributed by atoms with van der Waals surface area (Å²) in [6, 6.07) is 2.73. The third-order valence-electron chi connectivity index (χ3n) is 4.45. The van der Waals surface area contributed by atoms with Gasteiger partial charge in [0.05, 0.1) is 11.4 Å². The highest BCUT2D eigenvalue weighted by atomic mass is 35.5. The minimum absolute atomic E-state index is 0.235. The number of carbonyl (C=O) groups is 1. The summed E-state index contributed by atoms with van der Waals surface area (Å²) < 4.78 is 5.72. The Bertz CT molecular complexity index is 619. The Balaban J connectivity index is 2.20. The number of aliphatic hydroxyl groups excluding tert-OH is 3. The number of amides is 1. The molecule has 9 heteroatoms. The minimum atomic E-state index is -1.40. The van der Waals surface area contributed by atoms with Crippen LogP contribution in [-0.4, -0.2) is 73.7 Å². The van der Waals surface area contributed by atoms with Gasteiger partial charge in [-0.1, -0.05) is 6.92 Å². The fourth-order valence-electron chi connectivity index (χ4n) is 2.87. The Morgan fingerprint density at radius 1 is 1.38 bits per heavy atom.